The molecular formula is C15H15N. The van der Waals surface area contributed by atoms with Crippen molar-refractivity contribution in [3.05, 3.63) is 71.8 Å². The summed E-state index contributed by atoms with van der Waals surface area (Å²) in [6, 6.07) is 16.1. The van der Waals surface area contributed by atoms with Gasteiger partial charge in [0.05, 0.1) is 0 Å². The Labute approximate surface area is 96.2 Å². The fourth-order valence-electron chi connectivity index (χ4n) is 1.74. The van der Waals surface area contributed by atoms with Crippen molar-refractivity contribution in [1.29, 1.82) is 0 Å². The monoisotopic (exact) mass is 209 g/mol. The van der Waals surface area contributed by atoms with Crippen molar-refractivity contribution in [2.75, 3.05) is 5.73 Å². The van der Waals surface area contributed by atoms with Gasteiger partial charge in [0.2, 0.25) is 0 Å². The van der Waals surface area contributed by atoms with Crippen LogP contribution >= 0.6 is 0 Å². The van der Waals surface area contributed by atoms with Gasteiger partial charge in [0.25, 0.3) is 0 Å². The van der Waals surface area contributed by atoms with Gasteiger partial charge in [-0.1, -0.05) is 55.1 Å². The van der Waals surface area contributed by atoms with Gasteiger partial charge >= 0.3 is 0 Å². The van der Waals surface area contributed by atoms with E-state index in [-0.39, 0.29) is 0 Å². The molecule has 0 bridgehead atoms. The summed E-state index contributed by atoms with van der Waals surface area (Å²) >= 11 is 0. The first-order valence-corrected chi connectivity index (χ1v) is 5.30. The molecule has 0 unspecified atom stereocenters. The van der Waals surface area contributed by atoms with Crippen molar-refractivity contribution >= 4 is 11.3 Å². The first kappa shape index (κ1) is 10.5. The number of rotatable bonds is 2. The third-order valence-corrected chi connectivity index (χ3v) is 2.77. The molecule has 0 saturated carbocycles. The summed E-state index contributed by atoms with van der Waals surface area (Å²) in [4.78, 5) is 0. The lowest BCUT2D eigenvalue weighted by Crippen LogP contribution is -1.96. The minimum atomic E-state index is 0.816. The number of hydrogen-bond donors (Lipinski definition) is 1. The molecule has 0 aromatic heterocycles. The SMILES string of the molecule is C=C(c1ccccc1)c1cccc(C)c1N. The zero-order valence-electron chi connectivity index (χ0n) is 9.40. The predicted molar refractivity (Wildman–Crippen MR) is 70.2 cm³/mol. The van der Waals surface area contributed by atoms with Crippen molar-refractivity contribution in [2.45, 2.75) is 6.92 Å². The van der Waals surface area contributed by atoms with Crippen LogP contribution in [-0.2, 0) is 0 Å². The lowest BCUT2D eigenvalue weighted by atomic mass is 9.96. The van der Waals surface area contributed by atoms with E-state index in [9.17, 15) is 0 Å². The molecule has 0 spiro atoms. The molecule has 0 saturated heterocycles. The van der Waals surface area contributed by atoms with E-state index in [1.165, 1.54) is 0 Å². The molecule has 0 aliphatic rings. The number of nitrogens with two attached hydrogens (primary N) is 1. The van der Waals surface area contributed by atoms with Crippen molar-refractivity contribution in [2.24, 2.45) is 0 Å². The molecule has 2 N–H and O–H groups in total. The smallest absolute Gasteiger partial charge is 0.0423 e. The summed E-state index contributed by atoms with van der Waals surface area (Å²) in [6.45, 7) is 6.13. The van der Waals surface area contributed by atoms with Gasteiger partial charge in [-0.15, -0.1) is 0 Å². The third-order valence-electron chi connectivity index (χ3n) is 2.77. The van der Waals surface area contributed by atoms with Gasteiger partial charge < -0.3 is 5.73 Å². The number of nitrogen functional groups attached to an aromatic ring is 1. The first-order chi connectivity index (χ1) is 7.70. The summed E-state index contributed by atoms with van der Waals surface area (Å²) in [7, 11) is 0. The summed E-state index contributed by atoms with van der Waals surface area (Å²) in [5.74, 6) is 0. The Kier molecular flexibility index (Phi) is 2.78. The zero-order valence-corrected chi connectivity index (χ0v) is 9.40. The molecule has 1 heteroatoms. The van der Waals surface area contributed by atoms with Gasteiger partial charge in [0.15, 0.2) is 0 Å². The molecule has 0 heterocycles. The van der Waals surface area contributed by atoms with Crippen LogP contribution in [0.2, 0.25) is 0 Å². The van der Waals surface area contributed by atoms with Gasteiger partial charge in [0.1, 0.15) is 0 Å². The molecule has 16 heavy (non-hydrogen) atoms. The molecule has 0 fully saturated rings. The highest BCUT2D eigenvalue weighted by Gasteiger charge is 2.06. The number of benzene rings is 2. The van der Waals surface area contributed by atoms with Crippen molar-refractivity contribution in [1.82, 2.24) is 0 Å². The highest BCUT2D eigenvalue weighted by Crippen LogP contribution is 2.27. The van der Waals surface area contributed by atoms with Gasteiger partial charge in [-0.25, -0.2) is 0 Å². The average molecular weight is 209 g/mol. The van der Waals surface area contributed by atoms with Gasteiger partial charge in [-0.3, -0.25) is 0 Å². The maximum absolute atomic E-state index is 6.06. The Morgan fingerprint density at radius 3 is 2.38 bits per heavy atom. The normalized spacial score (nSPS) is 10.1. The summed E-state index contributed by atoms with van der Waals surface area (Å²) < 4.78 is 0. The summed E-state index contributed by atoms with van der Waals surface area (Å²) in [5.41, 5.74) is 11.1. The Balaban J connectivity index is 2.46. The maximum Gasteiger partial charge on any atom is 0.0423 e. The Hall–Kier alpha value is -2.02. The van der Waals surface area contributed by atoms with E-state index in [0.29, 0.717) is 0 Å². The molecule has 2 aromatic rings. The quantitative estimate of drug-likeness (QED) is 0.751. The topological polar surface area (TPSA) is 26.0 Å². The molecule has 2 aromatic carbocycles. The van der Waals surface area contributed by atoms with E-state index < -0.39 is 0 Å². The van der Waals surface area contributed by atoms with Gasteiger partial charge in [-0.05, 0) is 23.6 Å². The largest absolute Gasteiger partial charge is 0.398 e. The molecule has 0 atom stereocenters. The molecule has 2 rings (SSSR count). The van der Waals surface area contributed by atoms with E-state index in [4.69, 9.17) is 5.73 Å². The molecule has 1 nitrogen and oxygen atoms in total. The Morgan fingerprint density at radius 2 is 1.69 bits per heavy atom. The van der Waals surface area contributed by atoms with Gasteiger partial charge in [-0.2, -0.15) is 0 Å². The van der Waals surface area contributed by atoms with Crippen LogP contribution in [0.25, 0.3) is 5.57 Å². The molecule has 0 radical (unpaired) electrons. The van der Waals surface area contributed by atoms with E-state index >= 15 is 0 Å². The second-order valence-corrected chi connectivity index (χ2v) is 3.88. The fraction of sp³-hybridized carbons (Fsp3) is 0.0667. The van der Waals surface area contributed by atoms with E-state index in [1.54, 1.807) is 0 Å². The predicted octanol–water partition coefficient (Wildman–Crippen LogP) is 3.64. The van der Waals surface area contributed by atoms with Crippen LogP contribution in [0.1, 0.15) is 16.7 Å². The average Bonchev–Trinajstić information content (AvgIpc) is 2.33. The highest BCUT2D eigenvalue weighted by molar-refractivity contribution is 5.84. The summed E-state index contributed by atoms with van der Waals surface area (Å²) in [6.07, 6.45) is 0. The van der Waals surface area contributed by atoms with Gasteiger partial charge in [0, 0.05) is 11.3 Å². The number of anilines is 1. The van der Waals surface area contributed by atoms with Crippen LogP contribution in [0.3, 0.4) is 0 Å². The van der Waals surface area contributed by atoms with Crippen molar-refractivity contribution in [3.63, 3.8) is 0 Å². The standard InChI is InChI=1S/C15H15N/c1-11-7-6-10-14(15(11)16)12(2)13-8-4-3-5-9-13/h3-10H,2,16H2,1H3. The summed E-state index contributed by atoms with van der Waals surface area (Å²) in [5, 5.41) is 0. The maximum atomic E-state index is 6.06. The van der Waals surface area contributed by atoms with Crippen LogP contribution in [0, 0.1) is 6.92 Å². The van der Waals surface area contributed by atoms with Crippen LogP contribution in [0.15, 0.2) is 55.1 Å². The van der Waals surface area contributed by atoms with Crippen molar-refractivity contribution in [3.8, 4) is 0 Å². The molecule has 80 valence electrons. The molecule has 0 aliphatic heterocycles. The zero-order chi connectivity index (χ0) is 11.5. The van der Waals surface area contributed by atoms with Crippen LogP contribution < -0.4 is 5.73 Å². The number of hydrogen-bond acceptors (Lipinski definition) is 1. The molecular weight excluding hydrogens is 194 g/mol. The Bertz CT molecular complexity index is 512. The minimum absolute atomic E-state index is 0.816. The molecule has 0 aliphatic carbocycles. The van der Waals surface area contributed by atoms with Crippen LogP contribution in [0.4, 0.5) is 5.69 Å². The highest BCUT2D eigenvalue weighted by atomic mass is 14.6. The fourth-order valence-corrected chi connectivity index (χ4v) is 1.74. The Morgan fingerprint density at radius 1 is 1.00 bits per heavy atom. The van der Waals surface area contributed by atoms with Crippen LogP contribution in [-0.4, -0.2) is 0 Å². The van der Waals surface area contributed by atoms with E-state index in [1.807, 2.05) is 55.5 Å². The minimum Gasteiger partial charge on any atom is -0.398 e. The third kappa shape index (κ3) is 1.84. The first-order valence-electron chi connectivity index (χ1n) is 5.30. The lowest BCUT2D eigenvalue weighted by Gasteiger charge is -2.11. The van der Waals surface area contributed by atoms with E-state index in [0.717, 1.165) is 28.0 Å². The van der Waals surface area contributed by atoms with Crippen molar-refractivity contribution < 1.29 is 0 Å². The molecule has 0 amide bonds. The second-order valence-electron chi connectivity index (χ2n) is 3.88. The van der Waals surface area contributed by atoms with E-state index in [2.05, 4.69) is 6.58 Å². The van der Waals surface area contributed by atoms with Crippen LogP contribution in [0.5, 0.6) is 0 Å². The lowest BCUT2D eigenvalue weighted by molar-refractivity contribution is 1.44. The number of para-hydroxylation sites is 1. The second kappa shape index (κ2) is 4.23. The number of aryl methyl sites for hydroxylation is 1.